The van der Waals surface area contributed by atoms with Gasteiger partial charge in [-0.25, -0.2) is 9.78 Å². The number of aryl methyl sites for hydroxylation is 1. The van der Waals surface area contributed by atoms with E-state index >= 15 is 0 Å². The van der Waals surface area contributed by atoms with E-state index < -0.39 is 5.97 Å². The summed E-state index contributed by atoms with van der Waals surface area (Å²) in [5, 5.41) is 9.34. The van der Waals surface area contributed by atoms with Gasteiger partial charge in [0.1, 0.15) is 11.4 Å². The van der Waals surface area contributed by atoms with Gasteiger partial charge in [0.05, 0.1) is 0 Å². The number of aromatic carboxylic acids is 1. The van der Waals surface area contributed by atoms with Gasteiger partial charge in [0.15, 0.2) is 0 Å². The van der Waals surface area contributed by atoms with E-state index in [1.807, 2.05) is 6.92 Å². The minimum absolute atomic E-state index is 0.373. The first kappa shape index (κ1) is 11.5. The fourth-order valence-electron chi connectivity index (χ4n) is 3.46. The standard InChI is InChI=1S/C14H18N2O2/c1-9-5-6-15-13(12(9)14(17)18)16-7-10-3-2-4-11(10)8-16/h5-6,10-11H,2-4,7-8H2,1H3,(H,17,18). The van der Waals surface area contributed by atoms with Crippen molar-refractivity contribution in [3.05, 3.63) is 23.4 Å². The lowest BCUT2D eigenvalue weighted by Gasteiger charge is -2.21. The number of pyridine rings is 1. The Balaban J connectivity index is 1.93. The van der Waals surface area contributed by atoms with Crippen LogP contribution in [0.4, 0.5) is 5.82 Å². The highest BCUT2D eigenvalue weighted by molar-refractivity contribution is 5.95. The molecule has 1 aliphatic carbocycles. The van der Waals surface area contributed by atoms with Crippen molar-refractivity contribution in [2.24, 2.45) is 11.8 Å². The molecule has 4 nitrogen and oxygen atoms in total. The predicted molar refractivity (Wildman–Crippen MR) is 69.0 cm³/mol. The molecule has 18 heavy (non-hydrogen) atoms. The number of aromatic nitrogens is 1. The van der Waals surface area contributed by atoms with Crippen molar-refractivity contribution >= 4 is 11.8 Å². The van der Waals surface area contributed by atoms with Crippen LogP contribution in [-0.2, 0) is 0 Å². The van der Waals surface area contributed by atoms with Crippen LogP contribution in [0.5, 0.6) is 0 Å². The average molecular weight is 246 g/mol. The molecule has 2 heterocycles. The van der Waals surface area contributed by atoms with E-state index in [1.165, 1.54) is 19.3 Å². The fraction of sp³-hybridized carbons (Fsp3) is 0.571. The molecule has 2 fully saturated rings. The summed E-state index contributed by atoms with van der Waals surface area (Å²) in [6.07, 6.45) is 5.62. The van der Waals surface area contributed by atoms with Crippen molar-refractivity contribution in [2.45, 2.75) is 26.2 Å². The summed E-state index contributed by atoms with van der Waals surface area (Å²) in [7, 11) is 0. The van der Waals surface area contributed by atoms with Crippen LogP contribution in [0.2, 0.25) is 0 Å². The van der Waals surface area contributed by atoms with Crippen LogP contribution in [0, 0.1) is 18.8 Å². The highest BCUT2D eigenvalue weighted by Gasteiger charge is 2.37. The summed E-state index contributed by atoms with van der Waals surface area (Å²) in [4.78, 5) is 17.9. The van der Waals surface area contributed by atoms with Crippen LogP contribution in [0.3, 0.4) is 0 Å². The minimum Gasteiger partial charge on any atom is -0.478 e. The Hall–Kier alpha value is -1.58. The zero-order valence-electron chi connectivity index (χ0n) is 10.6. The minimum atomic E-state index is -0.868. The zero-order chi connectivity index (χ0) is 12.7. The van der Waals surface area contributed by atoms with Crippen LogP contribution in [0.25, 0.3) is 0 Å². The highest BCUT2D eigenvalue weighted by atomic mass is 16.4. The fourth-order valence-corrected chi connectivity index (χ4v) is 3.46. The van der Waals surface area contributed by atoms with Crippen LogP contribution < -0.4 is 4.90 Å². The summed E-state index contributed by atoms with van der Waals surface area (Å²) in [5.41, 5.74) is 1.17. The molecule has 0 amide bonds. The normalized spacial score (nSPS) is 26.4. The molecule has 1 aromatic heterocycles. The van der Waals surface area contributed by atoms with E-state index in [0.29, 0.717) is 11.4 Å². The number of rotatable bonds is 2. The molecule has 1 aromatic rings. The van der Waals surface area contributed by atoms with Gasteiger partial charge in [-0.15, -0.1) is 0 Å². The third-order valence-electron chi connectivity index (χ3n) is 4.38. The third kappa shape index (κ3) is 1.76. The van der Waals surface area contributed by atoms with Crippen molar-refractivity contribution in [1.82, 2.24) is 4.98 Å². The summed E-state index contributed by atoms with van der Waals surface area (Å²) >= 11 is 0. The van der Waals surface area contributed by atoms with E-state index in [9.17, 15) is 9.90 Å². The second-order valence-electron chi connectivity index (χ2n) is 5.49. The van der Waals surface area contributed by atoms with Gasteiger partial charge < -0.3 is 10.0 Å². The molecule has 0 spiro atoms. The van der Waals surface area contributed by atoms with Crippen LogP contribution >= 0.6 is 0 Å². The first-order valence-corrected chi connectivity index (χ1v) is 6.60. The Kier molecular flexibility index (Phi) is 2.73. The third-order valence-corrected chi connectivity index (χ3v) is 4.38. The number of fused-ring (bicyclic) bond motifs is 1. The Labute approximate surface area is 107 Å². The van der Waals surface area contributed by atoms with E-state index in [0.717, 1.165) is 30.5 Å². The second kappa shape index (κ2) is 4.26. The molecule has 2 unspecified atom stereocenters. The van der Waals surface area contributed by atoms with Gasteiger partial charge in [-0.05, 0) is 43.2 Å². The van der Waals surface area contributed by atoms with Crippen molar-refractivity contribution in [1.29, 1.82) is 0 Å². The summed E-state index contributed by atoms with van der Waals surface area (Å²) in [6, 6.07) is 1.77. The molecule has 0 aromatic carbocycles. The maximum absolute atomic E-state index is 11.4. The van der Waals surface area contributed by atoms with Crippen LogP contribution in [0.15, 0.2) is 12.3 Å². The molecule has 0 bridgehead atoms. The number of carboxylic acid groups (broad SMARTS) is 1. The Bertz CT molecular complexity index is 475. The second-order valence-corrected chi connectivity index (χ2v) is 5.49. The van der Waals surface area contributed by atoms with Crippen LogP contribution in [0.1, 0.15) is 35.2 Å². The van der Waals surface area contributed by atoms with Gasteiger partial charge in [-0.3, -0.25) is 0 Å². The highest BCUT2D eigenvalue weighted by Crippen LogP contribution is 2.40. The van der Waals surface area contributed by atoms with Crippen molar-refractivity contribution in [3.8, 4) is 0 Å². The topological polar surface area (TPSA) is 53.4 Å². The molecular weight excluding hydrogens is 228 g/mol. The Morgan fingerprint density at radius 1 is 1.39 bits per heavy atom. The molecule has 96 valence electrons. The molecule has 0 radical (unpaired) electrons. The van der Waals surface area contributed by atoms with Crippen molar-refractivity contribution < 1.29 is 9.90 Å². The Morgan fingerprint density at radius 2 is 2.06 bits per heavy atom. The van der Waals surface area contributed by atoms with Gasteiger partial charge in [-0.2, -0.15) is 0 Å². The van der Waals surface area contributed by atoms with E-state index in [2.05, 4.69) is 9.88 Å². The van der Waals surface area contributed by atoms with Gasteiger partial charge in [0.25, 0.3) is 0 Å². The van der Waals surface area contributed by atoms with Crippen molar-refractivity contribution in [2.75, 3.05) is 18.0 Å². The van der Waals surface area contributed by atoms with Crippen LogP contribution in [-0.4, -0.2) is 29.1 Å². The first-order chi connectivity index (χ1) is 8.66. The lowest BCUT2D eigenvalue weighted by atomic mass is 10.0. The number of hydrogen-bond acceptors (Lipinski definition) is 3. The number of nitrogens with zero attached hydrogens (tertiary/aromatic N) is 2. The van der Waals surface area contributed by atoms with Gasteiger partial charge in [-0.1, -0.05) is 6.42 Å². The average Bonchev–Trinajstić information content (AvgIpc) is 2.87. The Morgan fingerprint density at radius 3 is 2.67 bits per heavy atom. The van der Waals surface area contributed by atoms with Gasteiger partial charge >= 0.3 is 5.97 Å². The lowest BCUT2D eigenvalue weighted by molar-refractivity contribution is 0.0696. The molecule has 1 aliphatic heterocycles. The number of hydrogen-bond donors (Lipinski definition) is 1. The molecule has 2 atom stereocenters. The molecular formula is C14H18N2O2. The number of anilines is 1. The molecule has 2 aliphatic rings. The molecule has 1 N–H and O–H groups in total. The molecule has 1 saturated heterocycles. The number of carboxylic acids is 1. The molecule has 3 rings (SSSR count). The summed E-state index contributed by atoms with van der Waals surface area (Å²) in [6.45, 7) is 3.79. The summed E-state index contributed by atoms with van der Waals surface area (Å²) < 4.78 is 0. The summed E-state index contributed by atoms with van der Waals surface area (Å²) in [5.74, 6) is 1.28. The van der Waals surface area contributed by atoms with Crippen molar-refractivity contribution in [3.63, 3.8) is 0 Å². The lowest BCUT2D eigenvalue weighted by Crippen LogP contribution is -2.24. The maximum atomic E-state index is 11.4. The molecule has 1 saturated carbocycles. The quantitative estimate of drug-likeness (QED) is 0.870. The van der Waals surface area contributed by atoms with E-state index in [1.54, 1.807) is 12.3 Å². The largest absolute Gasteiger partial charge is 0.478 e. The smallest absolute Gasteiger partial charge is 0.339 e. The monoisotopic (exact) mass is 246 g/mol. The number of carbonyl (C=O) groups is 1. The van der Waals surface area contributed by atoms with E-state index in [-0.39, 0.29) is 0 Å². The van der Waals surface area contributed by atoms with E-state index in [4.69, 9.17) is 0 Å². The van der Waals surface area contributed by atoms with Gasteiger partial charge in [0, 0.05) is 19.3 Å². The molecule has 4 heteroatoms. The predicted octanol–water partition coefficient (Wildman–Crippen LogP) is 2.32. The van der Waals surface area contributed by atoms with Gasteiger partial charge in [0.2, 0.25) is 0 Å². The zero-order valence-corrected chi connectivity index (χ0v) is 10.6. The maximum Gasteiger partial charge on any atom is 0.339 e. The first-order valence-electron chi connectivity index (χ1n) is 6.60. The SMILES string of the molecule is Cc1ccnc(N2CC3CCCC3C2)c1C(=O)O.